The molecule has 0 heterocycles. The highest BCUT2D eigenvalue weighted by atomic mass is 16.3. The van der Waals surface area contributed by atoms with E-state index in [-0.39, 0.29) is 0 Å². The number of para-hydroxylation sites is 1. The Hall–Kier alpha value is -1.02. The summed E-state index contributed by atoms with van der Waals surface area (Å²) in [6, 6.07) is 8.09. The van der Waals surface area contributed by atoms with Gasteiger partial charge in [-0.05, 0) is 26.3 Å². The lowest BCUT2D eigenvalue weighted by molar-refractivity contribution is 0.199. The van der Waals surface area contributed by atoms with Gasteiger partial charge in [0.25, 0.3) is 0 Å². The number of nitrogens with zero attached hydrogens (tertiary/aromatic N) is 1. The van der Waals surface area contributed by atoms with E-state index < -0.39 is 6.10 Å². The molecule has 0 aliphatic heterocycles. The molecule has 0 spiro atoms. The molecule has 2 nitrogen and oxygen atoms in total. The summed E-state index contributed by atoms with van der Waals surface area (Å²) in [4.78, 5) is 2.31. The van der Waals surface area contributed by atoms with Crippen LogP contribution in [0.2, 0.25) is 0 Å². The monoisotopic (exact) mass is 207 g/mol. The molecule has 0 saturated carbocycles. The predicted octanol–water partition coefficient (Wildman–Crippen LogP) is 2.98. The van der Waals surface area contributed by atoms with Crippen LogP contribution in [-0.4, -0.2) is 18.2 Å². The molecule has 1 aromatic carbocycles. The Balaban J connectivity index is 2.99. The van der Waals surface area contributed by atoms with Crippen LogP contribution in [0.5, 0.6) is 0 Å². The van der Waals surface area contributed by atoms with E-state index >= 15 is 0 Å². The zero-order chi connectivity index (χ0) is 11.3. The molecule has 0 amide bonds. The smallest absolute Gasteiger partial charge is 0.0781 e. The van der Waals surface area contributed by atoms with E-state index in [1.165, 1.54) is 0 Å². The Kier molecular flexibility index (Phi) is 4.63. The largest absolute Gasteiger partial charge is 0.389 e. The van der Waals surface area contributed by atoms with Crippen LogP contribution < -0.4 is 4.90 Å². The maximum atomic E-state index is 9.69. The summed E-state index contributed by atoms with van der Waals surface area (Å²) < 4.78 is 0. The van der Waals surface area contributed by atoms with Crippen molar-refractivity contribution in [3.8, 4) is 0 Å². The third-order valence-electron chi connectivity index (χ3n) is 2.60. The number of hydrogen-bond donors (Lipinski definition) is 1. The Morgan fingerprint density at radius 2 is 1.93 bits per heavy atom. The number of benzene rings is 1. The van der Waals surface area contributed by atoms with Crippen LogP contribution in [-0.2, 0) is 0 Å². The average Bonchev–Trinajstić information content (AvgIpc) is 2.26. The van der Waals surface area contributed by atoms with Crippen LogP contribution in [0.4, 0.5) is 5.69 Å². The lowest BCUT2D eigenvalue weighted by Gasteiger charge is -2.26. The quantitative estimate of drug-likeness (QED) is 0.802. The van der Waals surface area contributed by atoms with Crippen molar-refractivity contribution in [3.05, 3.63) is 29.8 Å². The summed E-state index contributed by atoms with van der Waals surface area (Å²) in [5, 5.41) is 9.69. The zero-order valence-corrected chi connectivity index (χ0v) is 9.90. The van der Waals surface area contributed by atoms with E-state index in [2.05, 4.69) is 24.8 Å². The van der Waals surface area contributed by atoms with Crippen molar-refractivity contribution >= 4 is 5.69 Å². The van der Waals surface area contributed by atoms with Crippen molar-refractivity contribution in [2.45, 2.75) is 33.3 Å². The van der Waals surface area contributed by atoms with Gasteiger partial charge in [-0.15, -0.1) is 0 Å². The fourth-order valence-corrected chi connectivity index (χ4v) is 1.85. The number of hydrogen-bond acceptors (Lipinski definition) is 2. The molecule has 1 aromatic rings. The van der Waals surface area contributed by atoms with Gasteiger partial charge < -0.3 is 10.0 Å². The Labute approximate surface area is 92.5 Å². The van der Waals surface area contributed by atoms with Gasteiger partial charge in [0, 0.05) is 24.3 Å². The maximum absolute atomic E-state index is 9.69. The molecule has 15 heavy (non-hydrogen) atoms. The van der Waals surface area contributed by atoms with E-state index in [1.54, 1.807) is 0 Å². The van der Waals surface area contributed by atoms with Crippen molar-refractivity contribution in [2.24, 2.45) is 0 Å². The second kappa shape index (κ2) is 5.76. The molecule has 1 atom stereocenters. The predicted molar refractivity (Wildman–Crippen MR) is 65.3 cm³/mol. The van der Waals surface area contributed by atoms with Gasteiger partial charge in [0.1, 0.15) is 0 Å². The van der Waals surface area contributed by atoms with Crippen molar-refractivity contribution in [1.29, 1.82) is 0 Å². The van der Waals surface area contributed by atoms with E-state index in [0.29, 0.717) is 0 Å². The van der Waals surface area contributed by atoms with Crippen LogP contribution in [0, 0.1) is 0 Å². The molecular formula is C13H21NO. The number of rotatable bonds is 5. The first-order valence-electron chi connectivity index (χ1n) is 5.72. The lowest BCUT2D eigenvalue weighted by Crippen LogP contribution is -2.24. The third-order valence-corrected chi connectivity index (χ3v) is 2.60. The van der Waals surface area contributed by atoms with Crippen molar-refractivity contribution < 1.29 is 5.11 Å². The topological polar surface area (TPSA) is 23.5 Å². The molecule has 0 saturated heterocycles. The van der Waals surface area contributed by atoms with Crippen LogP contribution in [0.15, 0.2) is 24.3 Å². The van der Waals surface area contributed by atoms with Gasteiger partial charge in [-0.1, -0.05) is 25.1 Å². The van der Waals surface area contributed by atoms with Crippen molar-refractivity contribution in [2.75, 3.05) is 18.0 Å². The van der Waals surface area contributed by atoms with Crippen molar-refractivity contribution in [1.82, 2.24) is 0 Å². The highest BCUT2D eigenvalue weighted by Crippen LogP contribution is 2.25. The van der Waals surface area contributed by atoms with E-state index in [0.717, 1.165) is 30.8 Å². The van der Waals surface area contributed by atoms with Gasteiger partial charge in [0.15, 0.2) is 0 Å². The second-order valence-corrected chi connectivity index (χ2v) is 3.81. The van der Waals surface area contributed by atoms with Gasteiger partial charge in [-0.2, -0.15) is 0 Å². The Bertz CT molecular complexity index is 296. The summed E-state index contributed by atoms with van der Waals surface area (Å²) in [6.07, 6.45) is 0.731. The second-order valence-electron chi connectivity index (χ2n) is 3.81. The molecule has 0 aliphatic carbocycles. The molecule has 0 aliphatic rings. The number of anilines is 1. The fourth-order valence-electron chi connectivity index (χ4n) is 1.85. The first-order chi connectivity index (χ1) is 7.20. The first-order valence-corrected chi connectivity index (χ1v) is 5.72. The summed E-state index contributed by atoms with van der Waals surface area (Å²) in [7, 11) is 0. The average molecular weight is 207 g/mol. The maximum Gasteiger partial charge on any atom is 0.0781 e. The zero-order valence-electron chi connectivity index (χ0n) is 9.90. The van der Waals surface area contributed by atoms with E-state index in [9.17, 15) is 5.11 Å². The highest BCUT2D eigenvalue weighted by Gasteiger charge is 2.11. The number of aliphatic hydroxyl groups excluding tert-OH is 1. The minimum atomic E-state index is -0.396. The molecule has 0 aromatic heterocycles. The highest BCUT2D eigenvalue weighted by molar-refractivity contribution is 5.54. The molecule has 1 rings (SSSR count). The van der Waals surface area contributed by atoms with Crippen LogP contribution in [0.1, 0.15) is 38.9 Å². The van der Waals surface area contributed by atoms with Crippen LogP contribution >= 0.6 is 0 Å². The minimum Gasteiger partial charge on any atom is -0.389 e. The van der Waals surface area contributed by atoms with Crippen LogP contribution in [0.3, 0.4) is 0 Å². The molecule has 84 valence electrons. The fraction of sp³-hybridized carbons (Fsp3) is 0.538. The third kappa shape index (κ3) is 2.96. The first kappa shape index (κ1) is 12.1. The Morgan fingerprint density at radius 3 is 2.47 bits per heavy atom. The Morgan fingerprint density at radius 1 is 1.27 bits per heavy atom. The van der Waals surface area contributed by atoms with Gasteiger partial charge in [0.2, 0.25) is 0 Å². The van der Waals surface area contributed by atoms with Crippen LogP contribution in [0.25, 0.3) is 0 Å². The summed E-state index contributed by atoms with van der Waals surface area (Å²) in [5.74, 6) is 0. The molecule has 0 radical (unpaired) electrons. The molecule has 1 N–H and O–H groups in total. The van der Waals surface area contributed by atoms with Gasteiger partial charge in [0.05, 0.1) is 6.10 Å². The molecular weight excluding hydrogens is 186 g/mol. The van der Waals surface area contributed by atoms with Gasteiger partial charge >= 0.3 is 0 Å². The summed E-state index contributed by atoms with van der Waals surface area (Å²) in [5.41, 5.74) is 2.18. The molecule has 2 heteroatoms. The summed E-state index contributed by atoms with van der Waals surface area (Å²) in [6.45, 7) is 8.17. The van der Waals surface area contributed by atoms with E-state index in [4.69, 9.17) is 0 Å². The molecule has 0 fully saturated rings. The standard InChI is InChI=1S/C13H21NO/c1-4-10-14(5-2)13-9-7-6-8-12(13)11(3)15/h6-9,11,15H,4-5,10H2,1-3H3/t11-/m1/s1. The van der Waals surface area contributed by atoms with E-state index in [1.807, 2.05) is 25.1 Å². The SMILES string of the molecule is CCCN(CC)c1ccccc1[C@@H](C)O. The van der Waals surface area contributed by atoms with Gasteiger partial charge in [-0.3, -0.25) is 0 Å². The van der Waals surface area contributed by atoms with Gasteiger partial charge in [-0.25, -0.2) is 0 Å². The minimum absolute atomic E-state index is 0.396. The molecule has 0 unspecified atom stereocenters. The van der Waals surface area contributed by atoms with Crippen molar-refractivity contribution in [3.63, 3.8) is 0 Å². The molecule has 0 bridgehead atoms. The normalized spacial score (nSPS) is 12.5. The number of aliphatic hydroxyl groups is 1. The lowest BCUT2D eigenvalue weighted by atomic mass is 10.1. The summed E-state index contributed by atoms with van der Waals surface area (Å²) >= 11 is 0.